The van der Waals surface area contributed by atoms with Gasteiger partial charge >= 0.3 is 0 Å². The lowest BCUT2D eigenvalue weighted by atomic mass is 10.1. The van der Waals surface area contributed by atoms with Crippen LogP contribution in [0.3, 0.4) is 0 Å². The molecule has 1 fully saturated rings. The summed E-state index contributed by atoms with van der Waals surface area (Å²) in [6.45, 7) is 9.41. The highest BCUT2D eigenvalue weighted by Gasteiger charge is 2.31. The van der Waals surface area contributed by atoms with E-state index in [4.69, 9.17) is 14.2 Å². The molecule has 1 aromatic rings. The average Bonchev–Trinajstić information content (AvgIpc) is 2.35. The van der Waals surface area contributed by atoms with Crippen molar-refractivity contribution < 1.29 is 14.2 Å². The topological polar surface area (TPSA) is 27.7 Å². The summed E-state index contributed by atoms with van der Waals surface area (Å²) < 4.78 is 17.0. The monoisotopic (exact) mass is 248 g/mol. The van der Waals surface area contributed by atoms with Gasteiger partial charge in [-0.1, -0.05) is 36.9 Å². The second-order valence-electron chi connectivity index (χ2n) is 4.95. The molecule has 0 aliphatic carbocycles. The molecule has 0 amide bonds. The van der Waals surface area contributed by atoms with Gasteiger partial charge in [-0.2, -0.15) is 0 Å². The van der Waals surface area contributed by atoms with Crippen molar-refractivity contribution in [2.24, 2.45) is 0 Å². The standard InChI is InChI=1S/C15H20O3/c1-12-9-17-15(2,3)18-14(12)11-16-10-13-7-5-4-6-8-13/h4-8,14H,1,9-11H2,2-3H3/t14-/m1/s1. The zero-order valence-corrected chi connectivity index (χ0v) is 11.0. The Hall–Kier alpha value is -1.16. The van der Waals surface area contributed by atoms with Crippen LogP contribution < -0.4 is 0 Å². The van der Waals surface area contributed by atoms with Crippen molar-refractivity contribution in [1.82, 2.24) is 0 Å². The third-order valence-electron chi connectivity index (χ3n) is 2.87. The molecule has 0 aromatic heterocycles. The molecule has 0 bridgehead atoms. The van der Waals surface area contributed by atoms with Gasteiger partial charge < -0.3 is 14.2 Å². The molecule has 1 aliphatic heterocycles. The summed E-state index contributed by atoms with van der Waals surface area (Å²) in [6.07, 6.45) is -0.0857. The Morgan fingerprint density at radius 2 is 2.06 bits per heavy atom. The van der Waals surface area contributed by atoms with Crippen LogP contribution in [0.15, 0.2) is 42.5 Å². The van der Waals surface area contributed by atoms with Crippen molar-refractivity contribution in [3.63, 3.8) is 0 Å². The second kappa shape index (κ2) is 5.65. The fraction of sp³-hybridized carbons (Fsp3) is 0.467. The van der Waals surface area contributed by atoms with Gasteiger partial charge in [0.25, 0.3) is 0 Å². The third-order valence-corrected chi connectivity index (χ3v) is 2.87. The van der Waals surface area contributed by atoms with Crippen molar-refractivity contribution in [2.45, 2.75) is 32.3 Å². The number of benzene rings is 1. The van der Waals surface area contributed by atoms with E-state index < -0.39 is 5.79 Å². The van der Waals surface area contributed by atoms with E-state index in [1.165, 1.54) is 0 Å². The molecule has 0 spiro atoms. The minimum atomic E-state index is -0.554. The first-order valence-electron chi connectivity index (χ1n) is 6.18. The van der Waals surface area contributed by atoms with Gasteiger partial charge in [-0.15, -0.1) is 0 Å². The molecule has 3 nitrogen and oxygen atoms in total. The molecule has 98 valence electrons. The van der Waals surface area contributed by atoms with Gasteiger partial charge in [0, 0.05) is 0 Å². The molecule has 0 unspecified atom stereocenters. The molecule has 1 aliphatic rings. The van der Waals surface area contributed by atoms with Crippen LogP contribution in [-0.4, -0.2) is 25.1 Å². The predicted octanol–water partition coefficient (Wildman–Crippen LogP) is 2.91. The smallest absolute Gasteiger partial charge is 0.164 e. The first kappa shape index (κ1) is 13.3. The fourth-order valence-electron chi connectivity index (χ4n) is 1.83. The Labute approximate surface area is 108 Å². The number of hydrogen-bond acceptors (Lipinski definition) is 3. The third kappa shape index (κ3) is 3.67. The number of hydrogen-bond donors (Lipinski definition) is 0. The van der Waals surface area contributed by atoms with Gasteiger partial charge in [-0.25, -0.2) is 0 Å². The minimum Gasteiger partial charge on any atom is -0.374 e. The maximum absolute atomic E-state index is 5.78. The molecule has 1 heterocycles. The van der Waals surface area contributed by atoms with Crippen molar-refractivity contribution in [1.29, 1.82) is 0 Å². The van der Waals surface area contributed by atoms with Crippen molar-refractivity contribution in [3.8, 4) is 0 Å². The molecule has 18 heavy (non-hydrogen) atoms. The first-order chi connectivity index (χ1) is 8.57. The van der Waals surface area contributed by atoms with Gasteiger partial charge in [0.1, 0.15) is 6.10 Å². The predicted molar refractivity (Wildman–Crippen MR) is 70.1 cm³/mol. The number of rotatable bonds is 4. The summed E-state index contributed by atoms with van der Waals surface area (Å²) in [5, 5.41) is 0. The lowest BCUT2D eigenvalue weighted by molar-refractivity contribution is -0.259. The van der Waals surface area contributed by atoms with Crippen molar-refractivity contribution in [3.05, 3.63) is 48.0 Å². The summed E-state index contributed by atoms with van der Waals surface area (Å²) >= 11 is 0. The van der Waals surface area contributed by atoms with Crippen LogP contribution in [0.2, 0.25) is 0 Å². The summed E-state index contributed by atoms with van der Waals surface area (Å²) in [5.74, 6) is -0.554. The van der Waals surface area contributed by atoms with E-state index in [0.717, 1.165) is 11.1 Å². The minimum absolute atomic E-state index is 0.0857. The molecule has 0 saturated carbocycles. The Kier molecular flexibility index (Phi) is 4.17. The van der Waals surface area contributed by atoms with E-state index in [1.807, 2.05) is 44.2 Å². The zero-order valence-electron chi connectivity index (χ0n) is 11.0. The summed E-state index contributed by atoms with van der Waals surface area (Å²) in [4.78, 5) is 0. The Balaban J connectivity index is 1.81. The molecule has 1 atom stereocenters. The molecule has 3 heteroatoms. The first-order valence-corrected chi connectivity index (χ1v) is 6.18. The summed E-state index contributed by atoms with van der Waals surface area (Å²) in [6, 6.07) is 10.1. The number of ether oxygens (including phenoxy) is 3. The lowest BCUT2D eigenvalue weighted by Gasteiger charge is -2.37. The average molecular weight is 248 g/mol. The largest absolute Gasteiger partial charge is 0.374 e. The Morgan fingerprint density at radius 1 is 1.33 bits per heavy atom. The highest BCUT2D eigenvalue weighted by atomic mass is 16.7. The van der Waals surface area contributed by atoms with Crippen LogP contribution >= 0.6 is 0 Å². The van der Waals surface area contributed by atoms with E-state index in [0.29, 0.717) is 19.8 Å². The molecular weight excluding hydrogens is 228 g/mol. The van der Waals surface area contributed by atoms with Crippen LogP contribution in [-0.2, 0) is 20.8 Å². The highest BCUT2D eigenvalue weighted by Crippen LogP contribution is 2.25. The second-order valence-corrected chi connectivity index (χ2v) is 4.95. The van der Waals surface area contributed by atoms with Gasteiger partial charge in [-0.3, -0.25) is 0 Å². The summed E-state index contributed by atoms with van der Waals surface area (Å²) in [7, 11) is 0. The highest BCUT2D eigenvalue weighted by molar-refractivity contribution is 5.13. The maximum atomic E-state index is 5.78. The normalized spacial score (nSPS) is 23.0. The van der Waals surface area contributed by atoms with Gasteiger partial charge in [0.2, 0.25) is 0 Å². The van der Waals surface area contributed by atoms with E-state index in [-0.39, 0.29) is 6.10 Å². The van der Waals surface area contributed by atoms with Crippen LogP contribution in [0.1, 0.15) is 19.4 Å². The SMILES string of the molecule is C=C1COC(C)(C)O[C@@H]1COCc1ccccc1. The van der Waals surface area contributed by atoms with Crippen LogP contribution in [0, 0.1) is 0 Å². The fourth-order valence-corrected chi connectivity index (χ4v) is 1.83. The van der Waals surface area contributed by atoms with E-state index >= 15 is 0 Å². The van der Waals surface area contributed by atoms with Crippen molar-refractivity contribution in [2.75, 3.05) is 13.2 Å². The molecule has 1 aromatic carbocycles. The van der Waals surface area contributed by atoms with Gasteiger partial charge in [-0.05, 0) is 25.0 Å². The zero-order chi connectivity index (χ0) is 13.0. The molecule has 2 rings (SSSR count). The van der Waals surface area contributed by atoms with Crippen molar-refractivity contribution >= 4 is 0 Å². The van der Waals surface area contributed by atoms with E-state index in [2.05, 4.69) is 6.58 Å². The molecule has 1 saturated heterocycles. The van der Waals surface area contributed by atoms with Crippen LogP contribution in [0.25, 0.3) is 0 Å². The van der Waals surface area contributed by atoms with Crippen LogP contribution in [0.4, 0.5) is 0 Å². The Morgan fingerprint density at radius 3 is 2.78 bits per heavy atom. The summed E-state index contributed by atoms with van der Waals surface area (Å²) in [5.41, 5.74) is 2.09. The van der Waals surface area contributed by atoms with Gasteiger partial charge in [0.15, 0.2) is 5.79 Å². The molecular formula is C15H20O3. The van der Waals surface area contributed by atoms with E-state index in [9.17, 15) is 0 Å². The van der Waals surface area contributed by atoms with Crippen LogP contribution in [0.5, 0.6) is 0 Å². The molecule has 0 N–H and O–H groups in total. The Bertz CT molecular complexity index is 397. The van der Waals surface area contributed by atoms with E-state index in [1.54, 1.807) is 0 Å². The molecule has 0 radical (unpaired) electrons. The van der Waals surface area contributed by atoms with Gasteiger partial charge in [0.05, 0.1) is 19.8 Å². The lowest BCUT2D eigenvalue weighted by Crippen LogP contribution is -2.43. The quantitative estimate of drug-likeness (QED) is 0.767. The maximum Gasteiger partial charge on any atom is 0.164 e.